The molecule has 0 saturated carbocycles. The maximum atomic E-state index is 12.2. The van der Waals surface area contributed by atoms with Gasteiger partial charge in [0.2, 0.25) is 0 Å². The van der Waals surface area contributed by atoms with Gasteiger partial charge in [-0.15, -0.1) is 11.3 Å². The number of rotatable bonds is 11. The number of benzene rings is 2. The molecule has 10 nitrogen and oxygen atoms in total. The highest BCUT2D eigenvalue weighted by Crippen LogP contribution is 2.37. The summed E-state index contributed by atoms with van der Waals surface area (Å²) in [6.07, 6.45) is 2.90. The average molecular weight is 587 g/mol. The first-order valence-corrected chi connectivity index (χ1v) is 13.6. The molecule has 212 valence electrons. The highest BCUT2D eigenvalue weighted by Gasteiger charge is 2.21. The van der Waals surface area contributed by atoms with Crippen LogP contribution in [0, 0.1) is 0 Å². The fourth-order valence-corrected chi connectivity index (χ4v) is 5.10. The number of nitrogens with zero attached hydrogens (tertiary/aromatic N) is 2. The molecule has 0 spiro atoms. The second-order valence-electron chi connectivity index (χ2n) is 9.00. The van der Waals surface area contributed by atoms with Crippen molar-refractivity contribution in [3.8, 4) is 10.8 Å². The van der Waals surface area contributed by atoms with Crippen molar-refractivity contribution in [1.82, 2.24) is 14.9 Å². The number of carboxylic acids is 2. The van der Waals surface area contributed by atoms with Gasteiger partial charge in [0.25, 0.3) is 11.9 Å². The lowest BCUT2D eigenvalue weighted by molar-refractivity contribution is -0.139. The summed E-state index contributed by atoms with van der Waals surface area (Å²) in [6.45, 7) is 5.18. The van der Waals surface area contributed by atoms with E-state index in [1.54, 1.807) is 25.4 Å². The zero-order valence-corrected chi connectivity index (χ0v) is 23.8. The van der Waals surface area contributed by atoms with Crippen LogP contribution in [-0.2, 0) is 16.0 Å². The molecule has 2 aromatic heterocycles. The number of carbonyl (C=O) groups is 3. The molecular weight excluding hydrogens is 556 g/mol. The van der Waals surface area contributed by atoms with Crippen LogP contribution in [0.4, 0.5) is 0 Å². The molecule has 2 heterocycles. The van der Waals surface area contributed by atoms with Gasteiger partial charge in [-0.2, -0.15) is 0 Å². The van der Waals surface area contributed by atoms with E-state index < -0.39 is 23.9 Å². The largest absolute Gasteiger partial charge is 0.484 e. The molecule has 0 aliphatic carbocycles. The zero-order valence-electron chi connectivity index (χ0n) is 22.3. The van der Waals surface area contributed by atoms with Crippen molar-refractivity contribution in [3.05, 3.63) is 75.9 Å². The topological polar surface area (TPSA) is 157 Å². The zero-order chi connectivity index (χ0) is 29.4. The van der Waals surface area contributed by atoms with E-state index in [1.165, 1.54) is 11.3 Å². The van der Waals surface area contributed by atoms with Crippen molar-refractivity contribution in [3.63, 3.8) is 0 Å². The molecule has 0 bridgehead atoms. The minimum Gasteiger partial charge on any atom is -0.484 e. The fraction of sp³-hybridized carbons (Fsp3) is 0.286. The second-order valence-corrected chi connectivity index (χ2v) is 10.4. The highest BCUT2D eigenvalue weighted by atomic mass is 35.5. The van der Waals surface area contributed by atoms with E-state index in [2.05, 4.69) is 16.4 Å². The van der Waals surface area contributed by atoms with Gasteiger partial charge in [-0.3, -0.25) is 19.0 Å². The van der Waals surface area contributed by atoms with Gasteiger partial charge in [-0.1, -0.05) is 35.9 Å². The Morgan fingerprint density at radius 1 is 1.15 bits per heavy atom. The summed E-state index contributed by atoms with van der Waals surface area (Å²) in [5.41, 5.74) is 9.29. The Balaban J connectivity index is 0.00000103. The lowest BCUT2D eigenvalue weighted by Crippen LogP contribution is -2.34. The van der Waals surface area contributed by atoms with Crippen LogP contribution in [0.5, 0.6) is 5.75 Å². The molecule has 0 aliphatic rings. The molecule has 5 N–H and O–H groups in total. The quantitative estimate of drug-likeness (QED) is 0.177. The summed E-state index contributed by atoms with van der Waals surface area (Å²) in [6, 6.07) is 14.6. The van der Waals surface area contributed by atoms with Crippen LogP contribution < -0.4 is 15.8 Å². The summed E-state index contributed by atoms with van der Waals surface area (Å²) in [5.74, 6) is -1.87. The van der Waals surface area contributed by atoms with Crippen molar-refractivity contribution in [2.24, 2.45) is 5.73 Å². The maximum absolute atomic E-state index is 12.2. The first-order valence-electron chi connectivity index (χ1n) is 12.4. The van der Waals surface area contributed by atoms with Crippen molar-refractivity contribution < 1.29 is 29.3 Å². The van der Waals surface area contributed by atoms with Gasteiger partial charge < -0.3 is 26.0 Å². The minimum atomic E-state index is -0.865. The first kappa shape index (κ1) is 30.6. The Morgan fingerprint density at radius 2 is 1.85 bits per heavy atom. The lowest BCUT2D eigenvalue weighted by Gasteiger charge is -2.16. The highest BCUT2D eigenvalue weighted by molar-refractivity contribution is 7.16. The smallest absolute Gasteiger partial charge is 0.320 e. The molecule has 4 aromatic rings. The fourth-order valence-electron chi connectivity index (χ4n) is 3.88. The van der Waals surface area contributed by atoms with Crippen molar-refractivity contribution >= 4 is 51.8 Å². The average Bonchev–Trinajstić information content (AvgIpc) is 3.50. The number of nitrogens with one attached hydrogen (secondary N) is 1. The number of carbonyl (C=O) groups excluding carboxylic acids is 1. The van der Waals surface area contributed by atoms with Gasteiger partial charge in [-0.25, -0.2) is 4.98 Å². The molecule has 0 radical (unpaired) electrons. The summed E-state index contributed by atoms with van der Waals surface area (Å²) in [7, 11) is 0. The summed E-state index contributed by atoms with van der Waals surface area (Å²) < 4.78 is 8.04. The Bertz CT molecular complexity index is 1500. The third-order valence-electron chi connectivity index (χ3n) is 5.87. The van der Waals surface area contributed by atoms with E-state index in [-0.39, 0.29) is 6.10 Å². The van der Waals surface area contributed by atoms with Crippen LogP contribution in [-0.4, -0.2) is 50.2 Å². The SMILES string of the molecule is CC(=O)O.C[C@H](NCCCc1ccc2ncn(-c3cc(O[C@H](C)c4ccccc4Cl)c(C(N)=O)s3)c2c1)C(=O)O. The van der Waals surface area contributed by atoms with Crippen LogP contribution in [0.15, 0.2) is 54.9 Å². The molecule has 0 unspecified atom stereocenters. The molecule has 40 heavy (non-hydrogen) atoms. The second kappa shape index (κ2) is 13.9. The number of aryl methyl sites for hydroxylation is 1. The Hall–Kier alpha value is -3.93. The Morgan fingerprint density at radius 3 is 2.50 bits per heavy atom. The number of hydrogen-bond donors (Lipinski definition) is 4. The van der Waals surface area contributed by atoms with Gasteiger partial charge in [0.1, 0.15) is 34.1 Å². The number of ether oxygens (including phenoxy) is 1. The normalized spacial score (nSPS) is 12.3. The third-order valence-corrected chi connectivity index (χ3v) is 7.34. The predicted molar refractivity (Wildman–Crippen MR) is 155 cm³/mol. The van der Waals surface area contributed by atoms with E-state index in [1.807, 2.05) is 41.8 Å². The van der Waals surface area contributed by atoms with Crippen LogP contribution in [0.2, 0.25) is 5.02 Å². The Labute approximate surface area is 240 Å². The molecule has 4 rings (SSSR count). The molecule has 0 aliphatic heterocycles. The van der Waals surface area contributed by atoms with E-state index in [0.29, 0.717) is 22.2 Å². The van der Waals surface area contributed by atoms with E-state index in [9.17, 15) is 9.59 Å². The standard InChI is InChI=1S/C26H27ClN4O4S.C2H4O2/c1-15(26(33)34)29-11-5-6-17-9-10-20-21(12-17)31(14-30-20)23-13-22(24(36-23)25(28)32)35-16(2)18-7-3-4-8-19(18)27;1-2(3)4/h3-4,7-10,12-16,29H,5-6,11H2,1-2H3,(H2,28,32)(H,33,34);1H3,(H,3,4)/t15-,16+;/m0./s1. The van der Waals surface area contributed by atoms with Gasteiger partial charge in [0, 0.05) is 23.6 Å². The number of thiophene rings is 1. The molecule has 0 saturated heterocycles. The van der Waals surface area contributed by atoms with E-state index in [0.717, 1.165) is 46.9 Å². The van der Waals surface area contributed by atoms with Gasteiger partial charge in [0.15, 0.2) is 0 Å². The monoisotopic (exact) mass is 586 g/mol. The molecular formula is C28H31ClN4O6S. The van der Waals surface area contributed by atoms with Crippen LogP contribution in [0.1, 0.15) is 54.1 Å². The first-order chi connectivity index (χ1) is 19.0. The lowest BCUT2D eigenvalue weighted by atomic mass is 10.1. The van der Waals surface area contributed by atoms with Crippen molar-refractivity contribution in [2.45, 2.75) is 45.8 Å². The maximum Gasteiger partial charge on any atom is 0.320 e. The number of imidazole rings is 1. The summed E-state index contributed by atoms with van der Waals surface area (Å²) >= 11 is 7.56. The predicted octanol–water partition coefficient (Wildman–Crippen LogP) is 5.07. The van der Waals surface area contributed by atoms with Crippen LogP contribution in [0.3, 0.4) is 0 Å². The number of hydrogen-bond acceptors (Lipinski definition) is 7. The number of fused-ring (bicyclic) bond motifs is 1. The van der Waals surface area contributed by atoms with Crippen molar-refractivity contribution in [2.75, 3.05) is 6.54 Å². The number of halogens is 1. The minimum absolute atomic E-state index is 0.320. The molecule has 2 atom stereocenters. The van der Waals surface area contributed by atoms with Crippen LogP contribution >= 0.6 is 22.9 Å². The number of carboxylic acid groups (broad SMARTS) is 2. The summed E-state index contributed by atoms with van der Waals surface area (Å²) in [4.78, 5) is 37.0. The molecule has 12 heteroatoms. The number of amides is 1. The Kier molecular flexibility index (Phi) is 10.7. The molecule has 2 aromatic carbocycles. The number of aliphatic carboxylic acids is 2. The number of nitrogens with two attached hydrogens (primary N) is 1. The van der Waals surface area contributed by atoms with E-state index >= 15 is 0 Å². The van der Waals surface area contributed by atoms with Gasteiger partial charge in [0.05, 0.1) is 11.0 Å². The van der Waals surface area contributed by atoms with Gasteiger partial charge in [-0.05, 0) is 57.0 Å². The molecule has 1 amide bonds. The number of primary amides is 1. The van der Waals surface area contributed by atoms with Crippen LogP contribution in [0.25, 0.3) is 16.0 Å². The third kappa shape index (κ3) is 8.04. The summed E-state index contributed by atoms with van der Waals surface area (Å²) in [5, 5.41) is 20.7. The van der Waals surface area contributed by atoms with Crippen molar-refractivity contribution in [1.29, 1.82) is 0 Å². The van der Waals surface area contributed by atoms with Gasteiger partial charge >= 0.3 is 5.97 Å². The van der Waals surface area contributed by atoms with E-state index in [4.69, 9.17) is 37.1 Å². The number of aromatic nitrogens is 2. The molecule has 0 fully saturated rings.